The zero-order valence-electron chi connectivity index (χ0n) is 12.9. The van der Waals surface area contributed by atoms with Crippen molar-refractivity contribution < 1.29 is 4.42 Å². The van der Waals surface area contributed by atoms with Crippen molar-refractivity contribution in [3.8, 4) is 28.4 Å². The van der Waals surface area contributed by atoms with Crippen molar-refractivity contribution in [2.75, 3.05) is 0 Å². The molecular weight excluding hydrogens is 318 g/mol. The molecule has 0 aliphatic heterocycles. The lowest BCUT2D eigenvalue weighted by atomic mass is 10.1. The molecule has 0 fully saturated rings. The summed E-state index contributed by atoms with van der Waals surface area (Å²) in [7, 11) is 0. The van der Waals surface area contributed by atoms with Gasteiger partial charge < -0.3 is 4.42 Å². The molecule has 3 heterocycles. The van der Waals surface area contributed by atoms with Crippen LogP contribution in [0.4, 0.5) is 5.69 Å². The Labute approximate surface area is 142 Å². The lowest BCUT2D eigenvalue weighted by Gasteiger charge is -2.01. The van der Waals surface area contributed by atoms with E-state index in [1.807, 2.05) is 0 Å². The molecule has 7 nitrogen and oxygen atoms in total. The van der Waals surface area contributed by atoms with Gasteiger partial charge in [0.1, 0.15) is 6.26 Å². The molecule has 0 aliphatic carbocycles. The molecule has 0 saturated carbocycles. The van der Waals surface area contributed by atoms with E-state index in [0.717, 1.165) is 11.1 Å². The van der Waals surface area contributed by atoms with E-state index in [0.29, 0.717) is 23.0 Å². The fourth-order valence-corrected chi connectivity index (χ4v) is 2.47. The molecule has 120 valence electrons. The maximum atomic E-state index is 12.6. The van der Waals surface area contributed by atoms with Crippen molar-refractivity contribution in [1.29, 1.82) is 0 Å². The van der Waals surface area contributed by atoms with Crippen LogP contribution in [0.3, 0.4) is 0 Å². The van der Waals surface area contributed by atoms with Crippen LogP contribution < -0.4 is 5.56 Å². The second-order valence-electron chi connectivity index (χ2n) is 5.23. The minimum absolute atomic E-state index is 0.216. The number of hydrogen-bond donors (Lipinski definition) is 1. The minimum atomic E-state index is -0.216. The standard InChI is InChI=1S/C18H11N5O2/c1-19-14-5-2-12(3-6-14)15-11-22-23(18(15)24)16-7-4-13(10-21-16)17-20-8-9-25-17/h2-11,22H. The average Bonchev–Trinajstić information content (AvgIpc) is 3.32. The minimum Gasteiger partial charge on any atom is -0.444 e. The Hall–Kier alpha value is -3.92. The molecular formula is C18H11N5O2. The van der Waals surface area contributed by atoms with Crippen molar-refractivity contribution >= 4 is 5.69 Å². The van der Waals surface area contributed by atoms with Crippen molar-refractivity contribution in [2.24, 2.45) is 0 Å². The van der Waals surface area contributed by atoms with Gasteiger partial charge in [0.25, 0.3) is 5.56 Å². The van der Waals surface area contributed by atoms with Crippen LogP contribution in [-0.4, -0.2) is 19.7 Å². The Kier molecular flexibility index (Phi) is 3.48. The molecule has 0 radical (unpaired) electrons. The Morgan fingerprint density at radius 1 is 1.08 bits per heavy atom. The van der Waals surface area contributed by atoms with E-state index in [1.54, 1.807) is 55.0 Å². The quantitative estimate of drug-likeness (QED) is 0.584. The summed E-state index contributed by atoms with van der Waals surface area (Å²) >= 11 is 0. The number of nitrogens with one attached hydrogen (secondary N) is 1. The van der Waals surface area contributed by atoms with Gasteiger partial charge in [0, 0.05) is 12.4 Å². The summed E-state index contributed by atoms with van der Waals surface area (Å²) in [6.07, 6.45) is 6.27. The van der Waals surface area contributed by atoms with E-state index in [1.165, 1.54) is 10.9 Å². The number of H-pyrrole nitrogens is 1. The summed E-state index contributed by atoms with van der Waals surface area (Å²) < 4.78 is 6.58. The van der Waals surface area contributed by atoms with E-state index in [2.05, 4.69) is 19.9 Å². The lowest BCUT2D eigenvalue weighted by molar-refractivity contribution is 0.574. The molecule has 0 atom stereocenters. The van der Waals surface area contributed by atoms with Crippen LogP contribution in [0.25, 0.3) is 33.2 Å². The van der Waals surface area contributed by atoms with Gasteiger partial charge in [0.15, 0.2) is 11.5 Å². The summed E-state index contributed by atoms with van der Waals surface area (Å²) in [4.78, 5) is 24.3. The van der Waals surface area contributed by atoms with Crippen molar-refractivity contribution in [3.05, 3.63) is 83.0 Å². The highest BCUT2D eigenvalue weighted by Gasteiger charge is 2.11. The number of pyridine rings is 1. The Bertz CT molecular complexity index is 1100. The first-order valence-corrected chi connectivity index (χ1v) is 7.41. The van der Waals surface area contributed by atoms with Gasteiger partial charge in [-0.2, -0.15) is 0 Å². The summed E-state index contributed by atoms with van der Waals surface area (Å²) in [5.74, 6) is 0.933. The predicted molar refractivity (Wildman–Crippen MR) is 91.4 cm³/mol. The third-order valence-electron chi connectivity index (χ3n) is 3.74. The SMILES string of the molecule is [C-]#[N+]c1ccc(-c2c[nH]n(-c3ccc(-c4ncco4)cn3)c2=O)cc1. The molecule has 25 heavy (non-hydrogen) atoms. The molecule has 0 aliphatic rings. The average molecular weight is 329 g/mol. The topological polar surface area (TPSA) is 81.1 Å². The zero-order valence-corrected chi connectivity index (χ0v) is 12.9. The first-order valence-electron chi connectivity index (χ1n) is 7.41. The Morgan fingerprint density at radius 2 is 1.88 bits per heavy atom. The van der Waals surface area contributed by atoms with Gasteiger partial charge in [-0.1, -0.05) is 24.3 Å². The lowest BCUT2D eigenvalue weighted by Crippen LogP contribution is -2.16. The largest absolute Gasteiger partial charge is 0.444 e. The highest BCUT2D eigenvalue weighted by atomic mass is 16.3. The molecule has 0 spiro atoms. The highest BCUT2D eigenvalue weighted by molar-refractivity contribution is 5.65. The van der Waals surface area contributed by atoms with Gasteiger partial charge >= 0.3 is 0 Å². The molecule has 3 aromatic heterocycles. The number of hydrogen-bond acceptors (Lipinski definition) is 4. The number of nitrogens with zero attached hydrogens (tertiary/aromatic N) is 4. The van der Waals surface area contributed by atoms with E-state index in [9.17, 15) is 4.79 Å². The number of oxazole rings is 1. The number of aromatic nitrogens is 4. The van der Waals surface area contributed by atoms with E-state index in [-0.39, 0.29) is 5.56 Å². The van der Waals surface area contributed by atoms with Crippen molar-refractivity contribution in [1.82, 2.24) is 19.7 Å². The van der Waals surface area contributed by atoms with Gasteiger partial charge in [-0.25, -0.2) is 19.5 Å². The number of rotatable bonds is 3. The van der Waals surface area contributed by atoms with E-state index >= 15 is 0 Å². The molecule has 0 amide bonds. The maximum Gasteiger partial charge on any atom is 0.280 e. The highest BCUT2D eigenvalue weighted by Crippen LogP contribution is 2.21. The molecule has 1 aromatic carbocycles. The Morgan fingerprint density at radius 3 is 2.52 bits per heavy atom. The van der Waals surface area contributed by atoms with E-state index in [4.69, 9.17) is 11.0 Å². The predicted octanol–water partition coefficient (Wildman–Crippen LogP) is 3.43. The molecule has 0 bridgehead atoms. The first kappa shape index (κ1) is 14.7. The monoisotopic (exact) mass is 329 g/mol. The second kappa shape index (κ2) is 5.94. The molecule has 0 unspecified atom stereocenters. The van der Waals surface area contributed by atoms with Crippen LogP contribution in [0, 0.1) is 6.57 Å². The summed E-state index contributed by atoms with van der Waals surface area (Å²) in [5.41, 5.74) is 2.29. The fraction of sp³-hybridized carbons (Fsp3) is 0. The van der Waals surface area contributed by atoms with Crippen molar-refractivity contribution in [2.45, 2.75) is 0 Å². The Balaban J connectivity index is 1.69. The van der Waals surface area contributed by atoms with Crippen LogP contribution in [0.5, 0.6) is 0 Å². The van der Waals surface area contributed by atoms with Gasteiger partial charge in [-0.3, -0.25) is 9.89 Å². The molecule has 0 saturated heterocycles. The van der Waals surface area contributed by atoms with Crippen LogP contribution in [-0.2, 0) is 0 Å². The van der Waals surface area contributed by atoms with Crippen LogP contribution >= 0.6 is 0 Å². The smallest absolute Gasteiger partial charge is 0.280 e. The first-order chi connectivity index (χ1) is 12.3. The summed E-state index contributed by atoms with van der Waals surface area (Å²) in [5, 5.41) is 2.91. The third-order valence-corrected chi connectivity index (χ3v) is 3.74. The van der Waals surface area contributed by atoms with Gasteiger partial charge in [-0.15, -0.1) is 0 Å². The number of aromatic amines is 1. The van der Waals surface area contributed by atoms with Crippen LogP contribution in [0.1, 0.15) is 0 Å². The van der Waals surface area contributed by atoms with Gasteiger partial charge in [-0.05, 0) is 17.7 Å². The van der Waals surface area contributed by atoms with E-state index < -0.39 is 0 Å². The van der Waals surface area contributed by atoms with Crippen molar-refractivity contribution in [3.63, 3.8) is 0 Å². The molecule has 7 heteroatoms. The van der Waals surface area contributed by atoms with Crippen LogP contribution in [0.15, 0.2) is 70.5 Å². The molecule has 4 aromatic rings. The summed E-state index contributed by atoms with van der Waals surface area (Å²) in [6.45, 7) is 6.98. The van der Waals surface area contributed by atoms with Crippen LogP contribution in [0.2, 0.25) is 0 Å². The fourth-order valence-electron chi connectivity index (χ4n) is 2.47. The summed E-state index contributed by atoms with van der Waals surface area (Å²) in [6, 6.07) is 10.4. The maximum absolute atomic E-state index is 12.6. The third kappa shape index (κ3) is 2.62. The molecule has 1 N–H and O–H groups in total. The second-order valence-corrected chi connectivity index (χ2v) is 5.23. The normalized spacial score (nSPS) is 10.5. The number of benzene rings is 1. The van der Waals surface area contributed by atoms with Gasteiger partial charge in [0.2, 0.25) is 5.89 Å². The molecule has 4 rings (SSSR count). The van der Waals surface area contributed by atoms with Gasteiger partial charge in [0.05, 0.1) is 23.9 Å². The zero-order chi connectivity index (χ0) is 17.2.